The minimum absolute atomic E-state index is 0.102. The summed E-state index contributed by atoms with van der Waals surface area (Å²) in [5.74, 6) is 0.102. The molecule has 0 aliphatic carbocycles. The zero-order chi connectivity index (χ0) is 15.4. The second-order valence-corrected chi connectivity index (χ2v) is 5.68. The lowest BCUT2D eigenvalue weighted by atomic mass is 10.1. The molecule has 1 aromatic carbocycles. The van der Waals surface area contributed by atoms with E-state index < -0.39 is 0 Å². The molecular weight excluding hydrogens is 266 g/mol. The lowest BCUT2D eigenvalue weighted by Gasteiger charge is -2.29. The number of carbonyl (C=O) groups is 1. The van der Waals surface area contributed by atoms with E-state index in [1.807, 2.05) is 17.0 Å². The highest BCUT2D eigenvalue weighted by molar-refractivity contribution is 5.77. The van der Waals surface area contributed by atoms with Crippen LogP contribution in [0.4, 0.5) is 5.69 Å². The number of nitrogens with zero attached hydrogens (tertiary/aromatic N) is 2. The van der Waals surface area contributed by atoms with Gasteiger partial charge in [-0.1, -0.05) is 18.2 Å². The number of hydrogen-bond donors (Lipinski definition) is 1. The first kappa shape index (κ1) is 15.8. The molecule has 2 N–H and O–H groups in total. The number of carbonyl (C=O) groups excluding carboxylic acids is 1. The molecule has 0 spiro atoms. The third kappa shape index (κ3) is 3.54. The Morgan fingerprint density at radius 3 is 2.86 bits per heavy atom. The maximum atomic E-state index is 12.6. The van der Waals surface area contributed by atoms with Crippen LogP contribution in [0.15, 0.2) is 24.3 Å². The van der Waals surface area contributed by atoms with Crippen LogP contribution in [0.5, 0.6) is 0 Å². The van der Waals surface area contributed by atoms with E-state index >= 15 is 0 Å². The van der Waals surface area contributed by atoms with Crippen LogP contribution in [0.2, 0.25) is 0 Å². The molecule has 2 unspecified atom stereocenters. The van der Waals surface area contributed by atoms with Crippen LogP contribution in [0, 0.1) is 0 Å². The molecule has 1 aromatic rings. The fourth-order valence-corrected chi connectivity index (χ4v) is 2.86. The number of ether oxygens (including phenoxy) is 1. The summed E-state index contributed by atoms with van der Waals surface area (Å²) in [6, 6.07) is 8.40. The van der Waals surface area contributed by atoms with Crippen molar-refractivity contribution in [3.8, 4) is 0 Å². The van der Waals surface area contributed by atoms with E-state index in [-0.39, 0.29) is 18.1 Å². The zero-order valence-corrected chi connectivity index (χ0v) is 13.1. The summed E-state index contributed by atoms with van der Waals surface area (Å²) in [5.41, 5.74) is 8.00. The van der Waals surface area contributed by atoms with Gasteiger partial charge < -0.3 is 20.3 Å². The van der Waals surface area contributed by atoms with Crippen molar-refractivity contribution in [2.24, 2.45) is 5.73 Å². The molecule has 1 heterocycles. The molecule has 116 valence electrons. The van der Waals surface area contributed by atoms with Crippen LogP contribution >= 0.6 is 0 Å². The van der Waals surface area contributed by atoms with Gasteiger partial charge in [-0.25, -0.2) is 0 Å². The Balaban J connectivity index is 2.18. The lowest BCUT2D eigenvalue weighted by molar-refractivity contribution is -0.136. The molecule has 5 heteroatoms. The van der Waals surface area contributed by atoms with Gasteiger partial charge in [-0.05, 0) is 18.6 Å². The van der Waals surface area contributed by atoms with E-state index in [0.717, 1.165) is 6.54 Å². The second-order valence-electron chi connectivity index (χ2n) is 5.68. The van der Waals surface area contributed by atoms with Crippen LogP contribution in [-0.2, 0) is 16.1 Å². The molecule has 0 saturated heterocycles. The molecule has 0 saturated carbocycles. The molecule has 0 radical (unpaired) electrons. The zero-order valence-electron chi connectivity index (χ0n) is 13.1. The Labute approximate surface area is 126 Å². The number of hydrogen-bond acceptors (Lipinski definition) is 4. The number of methoxy groups -OCH3 is 1. The van der Waals surface area contributed by atoms with E-state index in [1.54, 1.807) is 7.11 Å². The Hall–Kier alpha value is -1.59. The standard InChI is InChI=1S/C16H25N3O2/c1-12-10-18(2)15-7-5-4-6-13(15)11-19(12)16(20)8-14(9-17)21-3/h4-7,12,14H,8-11,17H2,1-3H3. The highest BCUT2D eigenvalue weighted by atomic mass is 16.5. The van der Waals surface area contributed by atoms with Gasteiger partial charge in [0, 0.05) is 45.5 Å². The number of fused-ring (bicyclic) bond motifs is 1. The number of amides is 1. The van der Waals surface area contributed by atoms with Crippen molar-refractivity contribution in [3.63, 3.8) is 0 Å². The summed E-state index contributed by atoms with van der Waals surface area (Å²) >= 11 is 0. The van der Waals surface area contributed by atoms with Gasteiger partial charge >= 0.3 is 0 Å². The van der Waals surface area contributed by atoms with Gasteiger partial charge in [0.05, 0.1) is 12.5 Å². The van der Waals surface area contributed by atoms with E-state index in [1.165, 1.54) is 11.3 Å². The summed E-state index contributed by atoms with van der Waals surface area (Å²) in [7, 11) is 3.67. The van der Waals surface area contributed by atoms with E-state index in [4.69, 9.17) is 10.5 Å². The number of benzene rings is 1. The minimum Gasteiger partial charge on any atom is -0.380 e. The van der Waals surface area contributed by atoms with Crippen molar-refractivity contribution in [3.05, 3.63) is 29.8 Å². The third-order valence-corrected chi connectivity index (χ3v) is 4.13. The van der Waals surface area contributed by atoms with Gasteiger partial charge in [-0.15, -0.1) is 0 Å². The van der Waals surface area contributed by atoms with Gasteiger partial charge in [0.25, 0.3) is 0 Å². The maximum Gasteiger partial charge on any atom is 0.225 e. The lowest BCUT2D eigenvalue weighted by Crippen LogP contribution is -2.43. The van der Waals surface area contributed by atoms with Crippen molar-refractivity contribution in [1.82, 2.24) is 4.90 Å². The van der Waals surface area contributed by atoms with Crippen LogP contribution < -0.4 is 10.6 Å². The van der Waals surface area contributed by atoms with Crippen molar-refractivity contribution < 1.29 is 9.53 Å². The number of nitrogens with two attached hydrogens (primary N) is 1. The second kappa shape index (κ2) is 6.91. The van der Waals surface area contributed by atoms with Crippen LogP contribution in [0.1, 0.15) is 18.9 Å². The normalized spacial score (nSPS) is 19.9. The minimum atomic E-state index is -0.207. The molecule has 1 aliphatic rings. The largest absolute Gasteiger partial charge is 0.380 e. The number of anilines is 1. The molecular formula is C16H25N3O2. The summed E-state index contributed by atoms with van der Waals surface area (Å²) in [6.45, 7) is 3.91. The van der Waals surface area contributed by atoms with Crippen molar-refractivity contribution in [2.75, 3.05) is 32.1 Å². The van der Waals surface area contributed by atoms with Gasteiger partial charge in [0.15, 0.2) is 0 Å². The highest BCUT2D eigenvalue weighted by Gasteiger charge is 2.27. The average Bonchev–Trinajstić information content (AvgIpc) is 2.61. The molecule has 0 fully saturated rings. The predicted molar refractivity (Wildman–Crippen MR) is 84.2 cm³/mol. The molecule has 0 bridgehead atoms. The molecule has 5 nitrogen and oxygen atoms in total. The molecule has 2 atom stereocenters. The Bertz CT molecular complexity index is 488. The monoisotopic (exact) mass is 291 g/mol. The fraction of sp³-hybridized carbons (Fsp3) is 0.562. The van der Waals surface area contributed by atoms with Crippen LogP contribution in [-0.4, -0.2) is 50.2 Å². The van der Waals surface area contributed by atoms with E-state index in [0.29, 0.717) is 19.5 Å². The van der Waals surface area contributed by atoms with E-state index in [9.17, 15) is 4.79 Å². The van der Waals surface area contributed by atoms with Crippen molar-refractivity contribution in [2.45, 2.75) is 32.0 Å². The summed E-state index contributed by atoms with van der Waals surface area (Å²) in [6.07, 6.45) is 0.129. The average molecular weight is 291 g/mol. The van der Waals surface area contributed by atoms with Crippen LogP contribution in [0.25, 0.3) is 0 Å². The predicted octanol–water partition coefficient (Wildman–Crippen LogP) is 1.22. The Kier molecular flexibility index (Phi) is 5.20. The molecule has 1 amide bonds. The molecule has 21 heavy (non-hydrogen) atoms. The molecule has 1 aliphatic heterocycles. The summed E-state index contributed by atoms with van der Waals surface area (Å²) < 4.78 is 5.24. The maximum absolute atomic E-state index is 12.6. The number of para-hydroxylation sites is 1. The van der Waals surface area contributed by atoms with Gasteiger partial charge in [-0.2, -0.15) is 0 Å². The Morgan fingerprint density at radius 1 is 1.48 bits per heavy atom. The number of rotatable bonds is 4. The van der Waals surface area contributed by atoms with E-state index in [2.05, 4.69) is 31.0 Å². The quantitative estimate of drug-likeness (QED) is 0.906. The van der Waals surface area contributed by atoms with Crippen molar-refractivity contribution >= 4 is 11.6 Å². The topological polar surface area (TPSA) is 58.8 Å². The van der Waals surface area contributed by atoms with Gasteiger partial charge in [-0.3, -0.25) is 4.79 Å². The smallest absolute Gasteiger partial charge is 0.225 e. The third-order valence-electron chi connectivity index (χ3n) is 4.13. The van der Waals surface area contributed by atoms with Gasteiger partial charge in [0.2, 0.25) is 5.91 Å². The summed E-state index contributed by atoms with van der Waals surface area (Å²) in [5, 5.41) is 0. The fourth-order valence-electron chi connectivity index (χ4n) is 2.86. The summed E-state index contributed by atoms with van der Waals surface area (Å²) in [4.78, 5) is 16.7. The highest BCUT2D eigenvalue weighted by Crippen LogP contribution is 2.26. The van der Waals surface area contributed by atoms with Crippen LogP contribution in [0.3, 0.4) is 0 Å². The van der Waals surface area contributed by atoms with Gasteiger partial charge in [0.1, 0.15) is 0 Å². The first-order valence-corrected chi connectivity index (χ1v) is 7.38. The Morgan fingerprint density at radius 2 is 2.19 bits per heavy atom. The molecule has 0 aromatic heterocycles. The first-order chi connectivity index (χ1) is 10.1. The van der Waals surface area contributed by atoms with Crippen molar-refractivity contribution in [1.29, 1.82) is 0 Å². The SMILES string of the molecule is COC(CN)CC(=O)N1Cc2ccccc2N(C)CC1C. The molecule has 2 rings (SSSR count). The first-order valence-electron chi connectivity index (χ1n) is 7.38. The number of likely N-dealkylation sites (N-methyl/N-ethyl adjacent to an activating group) is 1.